The molecule has 2 heterocycles. The van der Waals surface area contributed by atoms with Crippen molar-refractivity contribution in [1.82, 2.24) is 4.90 Å². The van der Waals surface area contributed by atoms with Gasteiger partial charge in [0.15, 0.2) is 15.9 Å². The summed E-state index contributed by atoms with van der Waals surface area (Å²) in [6.45, 7) is 4.27. The third-order valence-corrected chi connectivity index (χ3v) is 7.14. The van der Waals surface area contributed by atoms with Crippen molar-refractivity contribution in [2.45, 2.75) is 45.3 Å². The molecule has 3 rings (SSSR count). The molecule has 2 atom stereocenters. The van der Waals surface area contributed by atoms with Crippen LogP contribution < -0.4 is 4.90 Å². The van der Waals surface area contributed by atoms with Crippen LogP contribution in [0, 0.1) is 0 Å². The van der Waals surface area contributed by atoms with Gasteiger partial charge in [-0.2, -0.15) is 0 Å². The van der Waals surface area contributed by atoms with Crippen LogP contribution in [0.25, 0.3) is 0 Å². The van der Waals surface area contributed by atoms with E-state index in [4.69, 9.17) is 4.74 Å². The number of hydrogen-bond acceptors (Lipinski definition) is 6. The van der Waals surface area contributed by atoms with E-state index in [1.165, 1.54) is 11.8 Å². The third kappa shape index (κ3) is 4.77. The monoisotopic (exact) mass is 422 g/mol. The van der Waals surface area contributed by atoms with Crippen molar-refractivity contribution in [3.8, 4) is 0 Å². The maximum absolute atomic E-state index is 12.7. The van der Waals surface area contributed by atoms with Crippen molar-refractivity contribution in [2.24, 2.45) is 0 Å². The van der Waals surface area contributed by atoms with Gasteiger partial charge in [0.05, 0.1) is 17.1 Å². The second-order valence-corrected chi connectivity index (χ2v) is 9.65. The smallest absolute Gasteiger partial charge is 0.338 e. The van der Waals surface area contributed by atoms with E-state index in [9.17, 15) is 22.8 Å². The number of rotatable bonds is 6. The fourth-order valence-electron chi connectivity index (χ4n) is 3.83. The molecule has 9 heteroatoms. The van der Waals surface area contributed by atoms with Gasteiger partial charge >= 0.3 is 5.97 Å². The minimum atomic E-state index is -3.12. The summed E-state index contributed by atoms with van der Waals surface area (Å²) in [4.78, 5) is 40.1. The Balaban J connectivity index is 1.62. The molecule has 2 amide bonds. The van der Waals surface area contributed by atoms with Crippen LogP contribution in [-0.2, 0) is 24.2 Å². The van der Waals surface area contributed by atoms with Gasteiger partial charge in [-0.1, -0.05) is 0 Å². The van der Waals surface area contributed by atoms with Crippen molar-refractivity contribution >= 4 is 33.3 Å². The molecule has 0 unspecified atom stereocenters. The molecule has 2 aliphatic rings. The quantitative estimate of drug-likeness (QED) is 0.642. The summed E-state index contributed by atoms with van der Waals surface area (Å²) in [5, 5.41) is 0. The summed E-state index contributed by atoms with van der Waals surface area (Å²) in [5.41, 5.74) is 1.01. The van der Waals surface area contributed by atoms with Crippen molar-refractivity contribution in [2.75, 3.05) is 29.5 Å². The highest BCUT2D eigenvalue weighted by Gasteiger charge is 2.36. The van der Waals surface area contributed by atoms with Crippen molar-refractivity contribution in [1.29, 1.82) is 0 Å². The van der Waals surface area contributed by atoms with Crippen molar-refractivity contribution in [3.63, 3.8) is 0 Å². The lowest BCUT2D eigenvalue weighted by Gasteiger charge is -2.29. The molecule has 29 heavy (non-hydrogen) atoms. The fourth-order valence-corrected chi connectivity index (χ4v) is 5.56. The van der Waals surface area contributed by atoms with Gasteiger partial charge in [0.2, 0.25) is 5.91 Å². The first-order chi connectivity index (χ1) is 13.7. The van der Waals surface area contributed by atoms with Crippen molar-refractivity contribution in [3.05, 3.63) is 29.8 Å². The zero-order chi connectivity index (χ0) is 21.2. The highest BCUT2D eigenvalue weighted by Crippen LogP contribution is 2.22. The predicted molar refractivity (Wildman–Crippen MR) is 107 cm³/mol. The van der Waals surface area contributed by atoms with E-state index in [2.05, 4.69) is 0 Å². The second-order valence-electron chi connectivity index (χ2n) is 7.42. The summed E-state index contributed by atoms with van der Waals surface area (Å²) >= 11 is 0. The van der Waals surface area contributed by atoms with Crippen LogP contribution in [0.15, 0.2) is 24.3 Å². The van der Waals surface area contributed by atoms with Gasteiger partial charge in [-0.15, -0.1) is 0 Å². The van der Waals surface area contributed by atoms with Crippen LogP contribution in [0.4, 0.5) is 5.69 Å². The molecule has 0 bridgehead atoms. The molecule has 0 radical (unpaired) electrons. The van der Waals surface area contributed by atoms with E-state index in [0.717, 1.165) is 12.1 Å². The molecule has 158 valence electrons. The number of benzene rings is 1. The SMILES string of the molecule is CCN(C(=O)[C@H](C)OC(=O)c1ccc(N2CCCC2=O)cc1)[C@@H]1CCS(=O)(=O)C1. The van der Waals surface area contributed by atoms with Crippen LogP contribution >= 0.6 is 0 Å². The maximum Gasteiger partial charge on any atom is 0.338 e. The number of amides is 2. The summed E-state index contributed by atoms with van der Waals surface area (Å²) in [7, 11) is -3.12. The summed E-state index contributed by atoms with van der Waals surface area (Å²) in [6, 6.07) is 6.14. The van der Waals surface area contributed by atoms with Gasteiger partial charge in [0.25, 0.3) is 5.91 Å². The minimum absolute atomic E-state index is 0.0517. The molecule has 0 saturated carbocycles. The van der Waals surface area contributed by atoms with Crippen LogP contribution in [0.5, 0.6) is 0 Å². The summed E-state index contributed by atoms with van der Waals surface area (Å²) < 4.78 is 28.7. The Morgan fingerprint density at radius 1 is 1.28 bits per heavy atom. The molecule has 2 aliphatic heterocycles. The zero-order valence-electron chi connectivity index (χ0n) is 16.7. The van der Waals surface area contributed by atoms with E-state index in [1.54, 1.807) is 36.1 Å². The predicted octanol–water partition coefficient (Wildman–Crippen LogP) is 1.39. The third-order valence-electron chi connectivity index (χ3n) is 5.39. The molecule has 8 nitrogen and oxygen atoms in total. The Bertz CT molecular complexity index is 896. The average molecular weight is 423 g/mol. The zero-order valence-corrected chi connectivity index (χ0v) is 17.5. The van der Waals surface area contributed by atoms with Crippen LogP contribution in [0.2, 0.25) is 0 Å². The molecule has 1 aromatic rings. The van der Waals surface area contributed by atoms with E-state index < -0.39 is 27.8 Å². The molecule has 0 N–H and O–H groups in total. The number of anilines is 1. The normalized spacial score (nSPS) is 21.8. The number of likely N-dealkylation sites (N-methyl/N-ethyl adjacent to an activating group) is 1. The molecule has 0 spiro atoms. The number of carbonyl (C=O) groups excluding carboxylic acids is 3. The number of ether oxygens (including phenoxy) is 1. The Morgan fingerprint density at radius 3 is 2.48 bits per heavy atom. The first kappa shape index (κ1) is 21.3. The van der Waals surface area contributed by atoms with Gasteiger partial charge in [0.1, 0.15) is 0 Å². The molecule has 1 aromatic carbocycles. The maximum atomic E-state index is 12.7. The summed E-state index contributed by atoms with van der Waals surface area (Å²) in [6.07, 6.45) is 0.725. The van der Waals surface area contributed by atoms with Gasteiger partial charge in [-0.05, 0) is 51.0 Å². The number of carbonyl (C=O) groups is 3. The molecular weight excluding hydrogens is 396 g/mol. The lowest BCUT2D eigenvalue weighted by Crippen LogP contribution is -2.46. The molecule has 2 saturated heterocycles. The molecular formula is C20H26N2O6S. The van der Waals surface area contributed by atoms with Crippen LogP contribution in [0.3, 0.4) is 0 Å². The first-order valence-corrected chi connectivity index (χ1v) is 11.7. The van der Waals surface area contributed by atoms with Crippen LogP contribution in [-0.4, -0.2) is 67.8 Å². The molecule has 0 aromatic heterocycles. The Morgan fingerprint density at radius 2 is 1.97 bits per heavy atom. The summed E-state index contributed by atoms with van der Waals surface area (Å²) in [5.74, 6) is -0.957. The van der Waals surface area contributed by atoms with Crippen molar-refractivity contribution < 1.29 is 27.5 Å². The van der Waals surface area contributed by atoms with Gasteiger partial charge in [-0.25, -0.2) is 13.2 Å². The Hall–Kier alpha value is -2.42. The van der Waals surface area contributed by atoms with E-state index in [-0.39, 0.29) is 29.0 Å². The van der Waals surface area contributed by atoms with E-state index in [0.29, 0.717) is 25.9 Å². The lowest BCUT2D eigenvalue weighted by molar-refractivity contribution is -0.141. The molecule has 0 aliphatic carbocycles. The average Bonchev–Trinajstić information content (AvgIpc) is 3.27. The highest BCUT2D eigenvalue weighted by molar-refractivity contribution is 7.91. The number of hydrogen-bond donors (Lipinski definition) is 0. The first-order valence-electron chi connectivity index (χ1n) is 9.84. The Labute approximate surface area is 170 Å². The number of sulfone groups is 1. The topological polar surface area (TPSA) is 101 Å². The van der Waals surface area contributed by atoms with Gasteiger partial charge < -0.3 is 14.5 Å². The minimum Gasteiger partial charge on any atom is -0.449 e. The standard InChI is InChI=1S/C20H26N2O6S/c1-3-21(17-10-12-29(26,27)13-17)19(24)14(2)28-20(25)15-6-8-16(9-7-15)22-11-4-5-18(22)23/h6-9,14,17H,3-5,10-13H2,1-2H3/t14-,17+/m0/s1. The highest BCUT2D eigenvalue weighted by atomic mass is 32.2. The lowest BCUT2D eigenvalue weighted by atomic mass is 10.2. The Kier molecular flexibility index (Phi) is 6.26. The number of esters is 1. The van der Waals surface area contributed by atoms with Crippen LogP contribution in [0.1, 0.15) is 43.5 Å². The number of nitrogens with zero attached hydrogens (tertiary/aromatic N) is 2. The largest absolute Gasteiger partial charge is 0.449 e. The molecule has 2 fully saturated rings. The van der Waals surface area contributed by atoms with E-state index in [1.807, 2.05) is 0 Å². The second kappa shape index (κ2) is 8.52. The van der Waals surface area contributed by atoms with Gasteiger partial charge in [0, 0.05) is 31.2 Å². The van der Waals surface area contributed by atoms with Gasteiger partial charge in [-0.3, -0.25) is 9.59 Å². The van der Waals surface area contributed by atoms with E-state index >= 15 is 0 Å². The fraction of sp³-hybridized carbons (Fsp3) is 0.550.